The Morgan fingerprint density at radius 2 is 2.25 bits per heavy atom. The summed E-state index contributed by atoms with van der Waals surface area (Å²) in [4.78, 5) is 15.8. The highest BCUT2D eigenvalue weighted by Gasteiger charge is 2.13. The minimum absolute atomic E-state index is 0.0770. The molecule has 6 heteroatoms. The van der Waals surface area contributed by atoms with Gasteiger partial charge in [0.05, 0.1) is 17.8 Å². The average molecular weight is 338 g/mol. The quantitative estimate of drug-likeness (QED) is 0.672. The maximum atomic E-state index is 11.6. The van der Waals surface area contributed by atoms with E-state index in [-0.39, 0.29) is 5.78 Å². The molecular weight excluding hydrogens is 322 g/mol. The number of hydrogen-bond donors (Lipinski definition) is 1. The Morgan fingerprint density at radius 3 is 2.85 bits per heavy atom. The number of nitrogen functional groups attached to an aromatic ring is 1. The van der Waals surface area contributed by atoms with Crippen LogP contribution in [-0.2, 0) is 6.54 Å². The summed E-state index contributed by atoms with van der Waals surface area (Å²) < 4.78 is 8.43. The van der Waals surface area contributed by atoms with E-state index in [9.17, 15) is 4.79 Å². The van der Waals surface area contributed by atoms with E-state index in [2.05, 4.69) is 20.9 Å². The van der Waals surface area contributed by atoms with Crippen LogP contribution in [0.15, 0.2) is 29.0 Å². The number of nitrogens with zero attached hydrogens (tertiary/aromatic N) is 2. The highest BCUT2D eigenvalue weighted by molar-refractivity contribution is 9.10. The van der Waals surface area contributed by atoms with Crippen molar-refractivity contribution in [3.63, 3.8) is 0 Å². The summed E-state index contributed by atoms with van der Waals surface area (Å²) in [6.07, 6.45) is 3.62. The van der Waals surface area contributed by atoms with Crippen LogP contribution >= 0.6 is 15.9 Å². The number of aryl methyl sites for hydroxylation is 1. The van der Waals surface area contributed by atoms with E-state index in [1.807, 2.05) is 17.7 Å². The summed E-state index contributed by atoms with van der Waals surface area (Å²) >= 11 is 3.32. The van der Waals surface area contributed by atoms with Crippen molar-refractivity contribution in [3.05, 3.63) is 40.4 Å². The van der Waals surface area contributed by atoms with Crippen LogP contribution in [0.4, 0.5) is 5.69 Å². The normalized spacial score (nSPS) is 10.6. The van der Waals surface area contributed by atoms with Gasteiger partial charge in [0.1, 0.15) is 12.4 Å². The zero-order chi connectivity index (χ0) is 14.7. The van der Waals surface area contributed by atoms with Gasteiger partial charge in [-0.05, 0) is 26.0 Å². The first kappa shape index (κ1) is 14.6. The van der Waals surface area contributed by atoms with E-state index >= 15 is 0 Å². The largest absolute Gasteiger partial charge is 0.489 e. The lowest BCUT2D eigenvalue weighted by Crippen LogP contribution is -2.11. The number of carbonyl (C=O) groups excluding carboxylic acids is 1. The third kappa shape index (κ3) is 3.19. The van der Waals surface area contributed by atoms with Crippen LogP contribution in [-0.4, -0.2) is 21.9 Å². The van der Waals surface area contributed by atoms with Crippen LogP contribution in [0.5, 0.6) is 5.75 Å². The highest BCUT2D eigenvalue weighted by atomic mass is 79.9. The smallest absolute Gasteiger partial charge is 0.163 e. The molecular formula is C14H16BrN3O2. The lowest BCUT2D eigenvalue weighted by molar-refractivity contribution is 0.101. The number of halogens is 1. The maximum Gasteiger partial charge on any atom is 0.163 e. The topological polar surface area (TPSA) is 70.1 Å². The molecule has 0 saturated carbocycles. The molecule has 2 rings (SSSR count). The van der Waals surface area contributed by atoms with Crippen LogP contribution in [0.2, 0.25) is 0 Å². The number of anilines is 1. The predicted octanol–water partition coefficient (Wildman–Crippen LogP) is 2.82. The van der Waals surface area contributed by atoms with E-state index in [0.29, 0.717) is 30.2 Å². The van der Waals surface area contributed by atoms with Gasteiger partial charge in [-0.2, -0.15) is 0 Å². The fourth-order valence-corrected chi connectivity index (χ4v) is 2.40. The zero-order valence-electron chi connectivity index (χ0n) is 11.4. The molecule has 2 N–H and O–H groups in total. The summed E-state index contributed by atoms with van der Waals surface area (Å²) in [7, 11) is 0. The molecule has 2 aromatic rings. The summed E-state index contributed by atoms with van der Waals surface area (Å²) in [5.74, 6) is 1.29. The summed E-state index contributed by atoms with van der Waals surface area (Å²) in [5.41, 5.74) is 6.86. The molecule has 0 bridgehead atoms. The van der Waals surface area contributed by atoms with Gasteiger partial charge in [0, 0.05) is 16.9 Å². The second-order valence-electron chi connectivity index (χ2n) is 4.44. The van der Waals surface area contributed by atoms with Gasteiger partial charge in [0.25, 0.3) is 0 Å². The summed E-state index contributed by atoms with van der Waals surface area (Å²) in [5, 5.41) is 0. The molecule has 5 nitrogen and oxygen atoms in total. The van der Waals surface area contributed by atoms with Gasteiger partial charge in [-0.1, -0.05) is 15.9 Å². The molecule has 1 aromatic heterocycles. The molecule has 20 heavy (non-hydrogen) atoms. The first-order valence-corrected chi connectivity index (χ1v) is 6.99. The van der Waals surface area contributed by atoms with Gasteiger partial charge in [0.15, 0.2) is 11.5 Å². The van der Waals surface area contributed by atoms with E-state index in [1.165, 1.54) is 6.92 Å². The number of ether oxygens (including phenoxy) is 1. The van der Waals surface area contributed by atoms with Crippen LogP contribution < -0.4 is 10.5 Å². The first-order chi connectivity index (χ1) is 9.49. The molecule has 1 aromatic carbocycles. The molecule has 0 spiro atoms. The van der Waals surface area contributed by atoms with E-state index in [0.717, 1.165) is 10.3 Å². The lowest BCUT2D eigenvalue weighted by Gasteiger charge is -2.13. The first-order valence-electron chi connectivity index (χ1n) is 6.19. The van der Waals surface area contributed by atoms with Gasteiger partial charge in [-0.15, -0.1) is 0 Å². The van der Waals surface area contributed by atoms with Crippen molar-refractivity contribution in [3.8, 4) is 5.75 Å². The summed E-state index contributed by atoms with van der Waals surface area (Å²) in [6, 6.07) is 3.45. The Balaban J connectivity index is 2.13. The number of ketones is 1. The highest BCUT2D eigenvalue weighted by Crippen LogP contribution is 2.31. The van der Waals surface area contributed by atoms with Crippen molar-refractivity contribution in [2.24, 2.45) is 0 Å². The van der Waals surface area contributed by atoms with Crippen molar-refractivity contribution in [2.75, 3.05) is 12.3 Å². The van der Waals surface area contributed by atoms with E-state index < -0.39 is 0 Å². The Morgan fingerprint density at radius 1 is 1.50 bits per heavy atom. The molecule has 0 atom stereocenters. The second-order valence-corrected chi connectivity index (χ2v) is 5.36. The van der Waals surface area contributed by atoms with Crippen molar-refractivity contribution in [2.45, 2.75) is 20.4 Å². The molecule has 106 valence electrons. The molecule has 0 unspecified atom stereocenters. The molecule has 0 radical (unpaired) electrons. The Labute approximate surface area is 125 Å². The number of hydrogen-bond acceptors (Lipinski definition) is 4. The Kier molecular flexibility index (Phi) is 4.44. The number of nitrogens with two attached hydrogens (primary N) is 1. The third-order valence-electron chi connectivity index (χ3n) is 2.96. The van der Waals surface area contributed by atoms with Crippen LogP contribution in [0.3, 0.4) is 0 Å². The van der Waals surface area contributed by atoms with Gasteiger partial charge >= 0.3 is 0 Å². The minimum Gasteiger partial charge on any atom is -0.489 e. The van der Waals surface area contributed by atoms with E-state index in [4.69, 9.17) is 10.5 Å². The summed E-state index contributed by atoms with van der Waals surface area (Å²) in [6.45, 7) is 4.49. The number of carbonyl (C=O) groups is 1. The number of Topliss-reactive ketones (excluding diaryl/α,β-unsaturated/α-hetero) is 1. The number of rotatable bonds is 5. The zero-order valence-corrected chi connectivity index (χ0v) is 13.0. The van der Waals surface area contributed by atoms with Crippen molar-refractivity contribution in [1.29, 1.82) is 0 Å². The average Bonchev–Trinajstić information content (AvgIpc) is 2.77. The molecule has 0 amide bonds. The van der Waals surface area contributed by atoms with Gasteiger partial charge in [-0.25, -0.2) is 4.98 Å². The SMILES string of the molecule is CC(=O)c1cc(Br)cc(N)c1OCCn1ccnc1C. The van der Waals surface area contributed by atoms with Crippen molar-refractivity contribution in [1.82, 2.24) is 9.55 Å². The molecule has 0 fully saturated rings. The Bertz CT molecular complexity index is 637. The fraction of sp³-hybridized carbons (Fsp3) is 0.286. The fourth-order valence-electron chi connectivity index (χ4n) is 1.92. The van der Waals surface area contributed by atoms with Gasteiger partial charge in [-0.3, -0.25) is 4.79 Å². The third-order valence-corrected chi connectivity index (χ3v) is 3.42. The molecule has 0 aliphatic carbocycles. The van der Waals surface area contributed by atoms with Gasteiger partial charge < -0.3 is 15.0 Å². The standard InChI is InChI=1S/C14H16BrN3O2/c1-9(19)12-7-11(15)8-13(16)14(12)20-6-5-18-4-3-17-10(18)2/h3-4,7-8H,5-6,16H2,1-2H3. The number of benzene rings is 1. The number of aromatic nitrogens is 2. The van der Waals surface area contributed by atoms with E-state index in [1.54, 1.807) is 18.3 Å². The number of imidazole rings is 1. The minimum atomic E-state index is -0.0770. The lowest BCUT2D eigenvalue weighted by atomic mass is 10.1. The van der Waals surface area contributed by atoms with Crippen molar-refractivity contribution < 1.29 is 9.53 Å². The molecule has 0 aliphatic heterocycles. The van der Waals surface area contributed by atoms with Crippen LogP contribution in [0.1, 0.15) is 23.1 Å². The predicted molar refractivity (Wildman–Crippen MR) is 81.0 cm³/mol. The van der Waals surface area contributed by atoms with Crippen LogP contribution in [0, 0.1) is 6.92 Å². The Hall–Kier alpha value is -1.82. The maximum absolute atomic E-state index is 11.6. The molecule has 1 heterocycles. The van der Waals surface area contributed by atoms with Gasteiger partial charge in [0.2, 0.25) is 0 Å². The van der Waals surface area contributed by atoms with Crippen molar-refractivity contribution >= 4 is 27.4 Å². The molecule has 0 saturated heterocycles. The second kappa shape index (κ2) is 6.09. The molecule has 0 aliphatic rings. The van der Waals surface area contributed by atoms with Crippen LogP contribution in [0.25, 0.3) is 0 Å². The monoisotopic (exact) mass is 337 g/mol.